The van der Waals surface area contributed by atoms with Crippen molar-refractivity contribution in [3.8, 4) is 0 Å². The molecule has 0 saturated carbocycles. The summed E-state index contributed by atoms with van der Waals surface area (Å²) in [7, 11) is 0. The first kappa shape index (κ1) is 12.9. The molecule has 1 atom stereocenters. The van der Waals surface area contributed by atoms with Gasteiger partial charge in [-0.25, -0.2) is 0 Å². The predicted octanol–water partition coefficient (Wildman–Crippen LogP) is 1.66. The molecule has 3 nitrogen and oxygen atoms in total. The van der Waals surface area contributed by atoms with Gasteiger partial charge in [-0.15, -0.1) is 0 Å². The highest BCUT2D eigenvalue weighted by Crippen LogP contribution is 2.19. The van der Waals surface area contributed by atoms with E-state index in [1.54, 1.807) is 0 Å². The lowest BCUT2D eigenvalue weighted by atomic mass is 9.92. The maximum Gasteiger partial charge on any atom is 0.0483 e. The SMILES string of the molecule is CC(N)CCCCNC1(C)CCOCC1. The summed E-state index contributed by atoms with van der Waals surface area (Å²) in [5.74, 6) is 0. The fourth-order valence-electron chi connectivity index (χ4n) is 1.98. The molecule has 0 bridgehead atoms. The van der Waals surface area contributed by atoms with Crippen molar-refractivity contribution in [3.05, 3.63) is 0 Å². The van der Waals surface area contributed by atoms with Crippen LogP contribution in [0.1, 0.15) is 46.0 Å². The van der Waals surface area contributed by atoms with E-state index in [-0.39, 0.29) is 0 Å². The number of nitrogens with one attached hydrogen (secondary N) is 1. The molecule has 1 aliphatic rings. The maximum absolute atomic E-state index is 5.71. The number of hydrogen-bond donors (Lipinski definition) is 2. The molecule has 1 saturated heterocycles. The monoisotopic (exact) mass is 214 g/mol. The third-order valence-corrected chi connectivity index (χ3v) is 3.23. The molecule has 0 spiro atoms. The van der Waals surface area contributed by atoms with Crippen LogP contribution < -0.4 is 11.1 Å². The first-order valence-corrected chi connectivity index (χ1v) is 6.21. The third kappa shape index (κ3) is 5.50. The van der Waals surface area contributed by atoms with Gasteiger partial charge in [0.15, 0.2) is 0 Å². The van der Waals surface area contributed by atoms with Crippen LogP contribution in [-0.2, 0) is 4.74 Å². The highest BCUT2D eigenvalue weighted by Gasteiger charge is 2.25. The summed E-state index contributed by atoms with van der Waals surface area (Å²) in [6.45, 7) is 7.31. The summed E-state index contributed by atoms with van der Waals surface area (Å²) >= 11 is 0. The zero-order valence-electron chi connectivity index (χ0n) is 10.2. The number of hydrogen-bond acceptors (Lipinski definition) is 3. The van der Waals surface area contributed by atoms with Crippen LogP contribution in [0.2, 0.25) is 0 Å². The van der Waals surface area contributed by atoms with Gasteiger partial charge in [0.25, 0.3) is 0 Å². The largest absolute Gasteiger partial charge is 0.381 e. The number of unbranched alkanes of at least 4 members (excludes halogenated alkanes) is 1. The zero-order valence-corrected chi connectivity index (χ0v) is 10.2. The Hall–Kier alpha value is -0.120. The van der Waals surface area contributed by atoms with Crippen LogP contribution in [0.5, 0.6) is 0 Å². The highest BCUT2D eigenvalue weighted by molar-refractivity contribution is 4.85. The van der Waals surface area contributed by atoms with E-state index < -0.39 is 0 Å². The Morgan fingerprint density at radius 2 is 2.00 bits per heavy atom. The van der Waals surface area contributed by atoms with Crippen LogP contribution in [0, 0.1) is 0 Å². The molecule has 1 unspecified atom stereocenters. The molecule has 1 aliphatic heterocycles. The molecule has 3 N–H and O–H groups in total. The predicted molar refractivity (Wildman–Crippen MR) is 64.0 cm³/mol. The summed E-state index contributed by atoms with van der Waals surface area (Å²) in [5.41, 5.74) is 6.02. The van der Waals surface area contributed by atoms with Crippen molar-refractivity contribution in [1.82, 2.24) is 5.32 Å². The number of nitrogens with two attached hydrogens (primary N) is 1. The molecule has 0 aromatic rings. The quantitative estimate of drug-likeness (QED) is 0.661. The average molecular weight is 214 g/mol. The Labute approximate surface area is 93.8 Å². The second-order valence-corrected chi connectivity index (χ2v) is 5.07. The molecule has 0 aliphatic carbocycles. The molecule has 15 heavy (non-hydrogen) atoms. The molecule has 0 aromatic carbocycles. The molecule has 3 heteroatoms. The Balaban J connectivity index is 2.03. The van der Waals surface area contributed by atoms with E-state index in [0.29, 0.717) is 11.6 Å². The van der Waals surface area contributed by atoms with Crippen molar-refractivity contribution >= 4 is 0 Å². The van der Waals surface area contributed by atoms with Gasteiger partial charge in [0.1, 0.15) is 0 Å². The van der Waals surface area contributed by atoms with Crippen molar-refractivity contribution in [1.29, 1.82) is 0 Å². The standard InChI is InChI=1S/C12H26N2O/c1-11(13)5-3-4-8-14-12(2)6-9-15-10-7-12/h11,14H,3-10,13H2,1-2H3. The third-order valence-electron chi connectivity index (χ3n) is 3.23. The van der Waals surface area contributed by atoms with Crippen molar-refractivity contribution in [3.63, 3.8) is 0 Å². The molecule has 1 rings (SSSR count). The first-order chi connectivity index (χ1) is 7.12. The van der Waals surface area contributed by atoms with E-state index in [0.717, 1.165) is 39.0 Å². The topological polar surface area (TPSA) is 47.3 Å². The Kier molecular flexibility index (Phi) is 5.58. The van der Waals surface area contributed by atoms with Crippen molar-refractivity contribution in [2.45, 2.75) is 57.5 Å². The summed E-state index contributed by atoms with van der Waals surface area (Å²) in [4.78, 5) is 0. The minimum absolute atomic E-state index is 0.312. The van der Waals surface area contributed by atoms with Gasteiger partial charge in [0, 0.05) is 24.8 Å². The van der Waals surface area contributed by atoms with Gasteiger partial charge < -0.3 is 15.8 Å². The van der Waals surface area contributed by atoms with Crippen LogP contribution in [0.3, 0.4) is 0 Å². The second-order valence-electron chi connectivity index (χ2n) is 5.07. The van der Waals surface area contributed by atoms with Gasteiger partial charge >= 0.3 is 0 Å². The smallest absolute Gasteiger partial charge is 0.0483 e. The highest BCUT2D eigenvalue weighted by atomic mass is 16.5. The Morgan fingerprint density at radius 3 is 2.60 bits per heavy atom. The van der Waals surface area contributed by atoms with Crippen LogP contribution in [0.25, 0.3) is 0 Å². The maximum atomic E-state index is 5.71. The molecule has 0 amide bonds. The lowest BCUT2D eigenvalue weighted by Crippen LogP contribution is -2.47. The van der Waals surface area contributed by atoms with Gasteiger partial charge in [-0.1, -0.05) is 6.42 Å². The minimum Gasteiger partial charge on any atom is -0.381 e. The molecule has 0 radical (unpaired) electrons. The molecular weight excluding hydrogens is 188 g/mol. The summed E-state index contributed by atoms with van der Waals surface area (Å²) in [5, 5.41) is 3.65. The van der Waals surface area contributed by atoms with E-state index >= 15 is 0 Å². The van der Waals surface area contributed by atoms with Gasteiger partial charge in [0.05, 0.1) is 0 Å². The first-order valence-electron chi connectivity index (χ1n) is 6.21. The Bertz CT molecular complexity index is 165. The summed E-state index contributed by atoms with van der Waals surface area (Å²) in [6, 6.07) is 0.351. The van der Waals surface area contributed by atoms with Crippen molar-refractivity contribution in [2.24, 2.45) is 5.73 Å². The average Bonchev–Trinajstić information content (AvgIpc) is 2.17. The van der Waals surface area contributed by atoms with E-state index in [1.807, 2.05) is 0 Å². The van der Waals surface area contributed by atoms with E-state index in [9.17, 15) is 0 Å². The fraction of sp³-hybridized carbons (Fsp3) is 1.00. The van der Waals surface area contributed by atoms with Crippen molar-refractivity contribution in [2.75, 3.05) is 19.8 Å². The fourth-order valence-corrected chi connectivity index (χ4v) is 1.98. The van der Waals surface area contributed by atoms with E-state index in [1.165, 1.54) is 12.8 Å². The normalized spacial score (nSPS) is 22.6. The number of ether oxygens (including phenoxy) is 1. The zero-order chi connectivity index (χ0) is 11.1. The van der Waals surface area contributed by atoms with Crippen LogP contribution in [-0.4, -0.2) is 31.3 Å². The lowest BCUT2D eigenvalue weighted by molar-refractivity contribution is 0.0453. The Morgan fingerprint density at radius 1 is 1.33 bits per heavy atom. The van der Waals surface area contributed by atoms with Gasteiger partial charge in [0.2, 0.25) is 0 Å². The molecule has 1 heterocycles. The van der Waals surface area contributed by atoms with Gasteiger partial charge in [-0.05, 0) is 46.1 Å². The molecule has 90 valence electrons. The van der Waals surface area contributed by atoms with E-state index in [4.69, 9.17) is 10.5 Å². The lowest BCUT2D eigenvalue weighted by Gasteiger charge is -2.34. The molecular formula is C12H26N2O. The summed E-state index contributed by atoms with van der Waals surface area (Å²) < 4.78 is 5.37. The molecule has 0 aromatic heterocycles. The van der Waals surface area contributed by atoms with Crippen LogP contribution in [0.4, 0.5) is 0 Å². The second kappa shape index (κ2) is 6.46. The summed E-state index contributed by atoms with van der Waals surface area (Å²) in [6.07, 6.45) is 5.89. The minimum atomic E-state index is 0.312. The van der Waals surface area contributed by atoms with Crippen molar-refractivity contribution < 1.29 is 4.74 Å². The van der Waals surface area contributed by atoms with Gasteiger partial charge in [-0.2, -0.15) is 0 Å². The van der Waals surface area contributed by atoms with E-state index in [2.05, 4.69) is 19.2 Å². The van der Waals surface area contributed by atoms with Crippen LogP contribution in [0.15, 0.2) is 0 Å². The van der Waals surface area contributed by atoms with Crippen LogP contribution >= 0.6 is 0 Å². The number of rotatable bonds is 6. The van der Waals surface area contributed by atoms with Gasteiger partial charge in [-0.3, -0.25) is 0 Å². The molecule has 1 fully saturated rings.